The number of amides is 1. The Morgan fingerprint density at radius 2 is 1.86 bits per heavy atom. The van der Waals surface area contributed by atoms with E-state index >= 15 is 0 Å². The normalized spacial score (nSPS) is 24.5. The molecule has 1 fully saturated rings. The molecule has 1 aliphatic heterocycles. The second-order valence-electron chi connectivity index (χ2n) is 5.52. The van der Waals surface area contributed by atoms with Gasteiger partial charge in [0.05, 0.1) is 16.6 Å². The van der Waals surface area contributed by atoms with E-state index in [-0.39, 0.29) is 17.9 Å². The first-order chi connectivity index (χ1) is 10.1. The molecule has 5 nitrogen and oxygen atoms in total. The SMILES string of the molecule is NC1CCCCC1C(=O)Nc1cc2c(cc1Cl)OCCO2. The van der Waals surface area contributed by atoms with Crippen LogP contribution in [0.5, 0.6) is 11.5 Å². The van der Waals surface area contributed by atoms with Crippen molar-refractivity contribution in [1.82, 2.24) is 0 Å². The molecule has 1 aromatic rings. The summed E-state index contributed by atoms with van der Waals surface area (Å²) >= 11 is 6.20. The summed E-state index contributed by atoms with van der Waals surface area (Å²) in [6.07, 6.45) is 3.86. The van der Waals surface area contributed by atoms with Gasteiger partial charge in [-0.1, -0.05) is 24.4 Å². The van der Waals surface area contributed by atoms with Crippen LogP contribution in [0.2, 0.25) is 5.02 Å². The maximum Gasteiger partial charge on any atom is 0.229 e. The van der Waals surface area contributed by atoms with E-state index in [4.69, 9.17) is 26.8 Å². The van der Waals surface area contributed by atoms with Crippen molar-refractivity contribution in [2.75, 3.05) is 18.5 Å². The van der Waals surface area contributed by atoms with Crippen LogP contribution in [0.1, 0.15) is 25.7 Å². The van der Waals surface area contributed by atoms with E-state index in [0.717, 1.165) is 25.7 Å². The van der Waals surface area contributed by atoms with Gasteiger partial charge in [-0.2, -0.15) is 0 Å². The number of nitrogens with two attached hydrogens (primary N) is 1. The Bertz CT molecular complexity index is 550. The average Bonchev–Trinajstić information content (AvgIpc) is 2.48. The highest BCUT2D eigenvalue weighted by Crippen LogP contribution is 2.38. The van der Waals surface area contributed by atoms with Crippen molar-refractivity contribution >= 4 is 23.2 Å². The molecular formula is C15H19ClN2O3. The van der Waals surface area contributed by atoms with Gasteiger partial charge in [0.2, 0.25) is 5.91 Å². The third-order valence-corrected chi connectivity index (χ3v) is 4.36. The largest absolute Gasteiger partial charge is 0.486 e. The van der Waals surface area contributed by atoms with Crippen LogP contribution < -0.4 is 20.5 Å². The number of nitrogens with one attached hydrogen (secondary N) is 1. The van der Waals surface area contributed by atoms with Crippen molar-refractivity contribution in [2.45, 2.75) is 31.7 Å². The monoisotopic (exact) mass is 310 g/mol. The number of hydrogen-bond acceptors (Lipinski definition) is 4. The second-order valence-corrected chi connectivity index (χ2v) is 5.93. The van der Waals surface area contributed by atoms with E-state index in [1.807, 2.05) is 0 Å². The Balaban J connectivity index is 1.76. The van der Waals surface area contributed by atoms with Gasteiger partial charge >= 0.3 is 0 Å². The fourth-order valence-electron chi connectivity index (χ4n) is 2.87. The zero-order valence-corrected chi connectivity index (χ0v) is 12.5. The molecule has 2 unspecified atom stereocenters. The molecule has 2 aliphatic rings. The minimum Gasteiger partial charge on any atom is -0.486 e. The highest BCUT2D eigenvalue weighted by atomic mass is 35.5. The van der Waals surface area contributed by atoms with Gasteiger partial charge in [0.1, 0.15) is 13.2 Å². The third-order valence-electron chi connectivity index (χ3n) is 4.05. The van der Waals surface area contributed by atoms with Crippen LogP contribution in [0.4, 0.5) is 5.69 Å². The molecule has 2 atom stereocenters. The van der Waals surface area contributed by atoms with Crippen molar-refractivity contribution in [1.29, 1.82) is 0 Å². The first-order valence-corrected chi connectivity index (χ1v) is 7.68. The summed E-state index contributed by atoms with van der Waals surface area (Å²) in [7, 11) is 0. The van der Waals surface area contributed by atoms with Gasteiger partial charge in [0.25, 0.3) is 0 Å². The maximum absolute atomic E-state index is 12.4. The Morgan fingerprint density at radius 1 is 1.19 bits per heavy atom. The average molecular weight is 311 g/mol. The van der Waals surface area contributed by atoms with E-state index in [2.05, 4.69) is 5.32 Å². The number of benzene rings is 1. The molecule has 1 amide bonds. The molecule has 21 heavy (non-hydrogen) atoms. The van der Waals surface area contributed by atoms with Crippen molar-refractivity contribution in [3.8, 4) is 11.5 Å². The summed E-state index contributed by atoms with van der Waals surface area (Å²) < 4.78 is 11.0. The second kappa shape index (κ2) is 6.12. The molecule has 3 N–H and O–H groups in total. The number of fused-ring (bicyclic) bond motifs is 1. The molecule has 1 aliphatic carbocycles. The lowest BCUT2D eigenvalue weighted by Crippen LogP contribution is -2.40. The van der Waals surface area contributed by atoms with E-state index in [1.165, 1.54) is 0 Å². The zero-order valence-electron chi connectivity index (χ0n) is 11.7. The van der Waals surface area contributed by atoms with Gasteiger partial charge in [0, 0.05) is 18.2 Å². The zero-order chi connectivity index (χ0) is 14.8. The summed E-state index contributed by atoms with van der Waals surface area (Å²) in [5.41, 5.74) is 6.59. The molecule has 0 bridgehead atoms. The number of carbonyl (C=O) groups excluding carboxylic acids is 1. The van der Waals surface area contributed by atoms with E-state index < -0.39 is 0 Å². The third kappa shape index (κ3) is 3.09. The van der Waals surface area contributed by atoms with Gasteiger partial charge in [-0.05, 0) is 12.8 Å². The summed E-state index contributed by atoms with van der Waals surface area (Å²) in [6.45, 7) is 1.00. The van der Waals surface area contributed by atoms with Crippen molar-refractivity contribution in [2.24, 2.45) is 11.7 Å². The lowest BCUT2D eigenvalue weighted by Gasteiger charge is -2.28. The Hall–Kier alpha value is -1.46. The van der Waals surface area contributed by atoms with Gasteiger partial charge in [0.15, 0.2) is 11.5 Å². The van der Waals surface area contributed by atoms with Crippen LogP contribution in [-0.4, -0.2) is 25.2 Å². The highest BCUT2D eigenvalue weighted by Gasteiger charge is 2.29. The Kier molecular flexibility index (Phi) is 4.22. The van der Waals surface area contributed by atoms with Gasteiger partial charge in [-0.3, -0.25) is 4.79 Å². The summed E-state index contributed by atoms with van der Waals surface area (Å²) in [5, 5.41) is 3.32. The molecular weight excluding hydrogens is 292 g/mol. The maximum atomic E-state index is 12.4. The Labute approximate surface area is 128 Å². The Morgan fingerprint density at radius 3 is 2.57 bits per heavy atom. The summed E-state index contributed by atoms with van der Waals surface area (Å²) in [4.78, 5) is 12.4. The summed E-state index contributed by atoms with van der Waals surface area (Å²) in [5.74, 6) is 0.997. The van der Waals surface area contributed by atoms with Crippen LogP contribution in [-0.2, 0) is 4.79 Å². The molecule has 1 saturated carbocycles. The number of halogens is 1. The van der Waals surface area contributed by atoms with Crippen molar-refractivity contribution in [3.63, 3.8) is 0 Å². The highest BCUT2D eigenvalue weighted by molar-refractivity contribution is 6.34. The number of anilines is 1. The predicted molar refractivity (Wildman–Crippen MR) is 81.0 cm³/mol. The number of hydrogen-bond donors (Lipinski definition) is 2. The minimum atomic E-state index is -0.150. The van der Waals surface area contributed by atoms with Gasteiger partial charge in [-0.15, -0.1) is 0 Å². The molecule has 3 rings (SSSR count). The molecule has 6 heteroatoms. The first kappa shape index (κ1) is 14.5. The van der Waals surface area contributed by atoms with E-state index in [0.29, 0.717) is 35.4 Å². The number of rotatable bonds is 2. The summed E-state index contributed by atoms with van der Waals surface area (Å²) in [6, 6.07) is 3.31. The first-order valence-electron chi connectivity index (χ1n) is 7.31. The molecule has 1 aromatic carbocycles. The van der Waals surface area contributed by atoms with E-state index in [9.17, 15) is 4.79 Å². The lowest BCUT2D eigenvalue weighted by molar-refractivity contribution is -0.121. The minimum absolute atomic E-state index is 0.0687. The number of carbonyl (C=O) groups is 1. The van der Waals surface area contributed by atoms with Crippen LogP contribution in [0.3, 0.4) is 0 Å². The fraction of sp³-hybridized carbons (Fsp3) is 0.533. The van der Waals surface area contributed by atoms with Gasteiger partial charge in [-0.25, -0.2) is 0 Å². The quantitative estimate of drug-likeness (QED) is 0.880. The van der Waals surface area contributed by atoms with Crippen LogP contribution >= 0.6 is 11.6 Å². The topological polar surface area (TPSA) is 73.6 Å². The number of ether oxygens (including phenoxy) is 2. The smallest absolute Gasteiger partial charge is 0.229 e. The van der Waals surface area contributed by atoms with E-state index in [1.54, 1.807) is 12.1 Å². The van der Waals surface area contributed by atoms with Crippen molar-refractivity contribution < 1.29 is 14.3 Å². The fourth-order valence-corrected chi connectivity index (χ4v) is 3.07. The molecule has 0 radical (unpaired) electrons. The standard InChI is InChI=1S/C15H19ClN2O3/c16-10-7-13-14(21-6-5-20-13)8-12(10)18-15(19)9-3-1-2-4-11(9)17/h7-9,11H,1-6,17H2,(H,18,19). The lowest BCUT2D eigenvalue weighted by atomic mass is 9.84. The van der Waals surface area contributed by atoms with Crippen LogP contribution in [0.15, 0.2) is 12.1 Å². The van der Waals surface area contributed by atoms with Crippen LogP contribution in [0.25, 0.3) is 0 Å². The molecule has 1 heterocycles. The van der Waals surface area contributed by atoms with Crippen molar-refractivity contribution in [3.05, 3.63) is 17.2 Å². The van der Waals surface area contributed by atoms with Crippen LogP contribution in [0, 0.1) is 5.92 Å². The predicted octanol–water partition coefficient (Wildman–Crippen LogP) is 2.57. The molecule has 0 spiro atoms. The molecule has 0 saturated heterocycles. The molecule has 0 aromatic heterocycles. The van der Waals surface area contributed by atoms with Gasteiger partial charge < -0.3 is 20.5 Å². The molecule has 114 valence electrons.